The minimum Gasteiger partial charge on any atom is -0.380 e. The minimum atomic E-state index is 0.0981. The van der Waals surface area contributed by atoms with Gasteiger partial charge in [0.25, 0.3) is 0 Å². The van der Waals surface area contributed by atoms with E-state index in [-0.39, 0.29) is 11.9 Å². The largest absolute Gasteiger partial charge is 0.380 e. The van der Waals surface area contributed by atoms with E-state index in [4.69, 9.17) is 16.9 Å². The maximum atomic E-state index is 11.0. The number of hydrogen-bond acceptors (Lipinski definition) is 3. The molecule has 1 amide bonds. The van der Waals surface area contributed by atoms with Crippen LogP contribution in [0.3, 0.4) is 0 Å². The van der Waals surface area contributed by atoms with E-state index in [2.05, 4.69) is 10.6 Å². The lowest BCUT2D eigenvalue weighted by atomic mass is 10.1. The molecular weight excluding hydrogens is 238 g/mol. The van der Waals surface area contributed by atoms with Crippen LogP contribution in [0, 0.1) is 11.3 Å². The zero-order chi connectivity index (χ0) is 12.3. The third kappa shape index (κ3) is 2.89. The summed E-state index contributed by atoms with van der Waals surface area (Å²) in [5, 5.41) is 15.3. The monoisotopic (exact) mass is 249 g/mol. The molecule has 0 saturated carbocycles. The van der Waals surface area contributed by atoms with Crippen molar-refractivity contribution in [2.75, 3.05) is 11.9 Å². The quantitative estimate of drug-likeness (QED) is 0.841. The van der Waals surface area contributed by atoms with Crippen LogP contribution in [0.1, 0.15) is 18.4 Å². The van der Waals surface area contributed by atoms with E-state index in [1.54, 1.807) is 12.1 Å². The number of carbonyl (C=O) groups excluding carboxylic acids is 1. The highest BCUT2D eigenvalue weighted by Gasteiger charge is 2.17. The highest BCUT2D eigenvalue weighted by atomic mass is 35.5. The van der Waals surface area contributed by atoms with Crippen LogP contribution in [-0.2, 0) is 4.79 Å². The summed E-state index contributed by atoms with van der Waals surface area (Å²) in [6.45, 7) is 0.621. The molecule has 0 bridgehead atoms. The Morgan fingerprint density at radius 1 is 1.53 bits per heavy atom. The summed E-state index contributed by atoms with van der Waals surface area (Å²) in [6.07, 6.45) is 1.35. The number of nitrogens with zero attached hydrogens (tertiary/aromatic N) is 1. The van der Waals surface area contributed by atoms with Crippen LogP contribution in [0.2, 0.25) is 5.02 Å². The highest BCUT2D eigenvalue weighted by molar-refractivity contribution is 6.32. The van der Waals surface area contributed by atoms with Crippen molar-refractivity contribution >= 4 is 23.2 Å². The molecule has 1 aromatic rings. The van der Waals surface area contributed by atoms with E-state index in [9.17, 15) is 4.79 Å². The summed E-state index contributed by atoms with van der Waals surface area (Å²) in [5.41, 5.74) is 1.34. The van der Waals surface area contributed by atoms with Gasteiger partial charge in [0.05, 0.1) is 10.6 Å². The molecule has 2 rings (SSSR count). The van der Waals surface area contributed by atoms with Crippen molar-refractivity contribution in [1.29, 1.82) is 5.26 Å². The summed E-state index contributed by atoms with van der Waals surface area (Å²) >= 11 is 5.94. The van der Waals surface area contributed by atoms with E-state index in [0.29, 0.717) is 23.6 Å². The Bertz CT molecular complexity index is 471. The predicted molar refractivity (Wildman–Crippen MR) is 65.8 cm³/mol. The van der Waals surface area contributed by atoms with E-state index in [0.717, 1.165) is 12.1 Å². The van der Waals surface area contributed by atoms with Crippen molar-refractivity contribution in [3.05, 3.63) is 28.8 Å². The van der Waals surface area contributed by atoms with Gasteiger partial charge in [0.15, 0.2) is 0 Å². The normalized spacial score (nSPS) is 19.3. The van der Waals surface area contributed by atoms with Crippen LogP contribution < -0.4 is 10.6 Å². The lowest BCUT2D eigenvalue weighted by Gasteiger charge is -2.24. The Kier molecular flexibility index (Phi) is 3.50. The third-order valence-corrected chi connectivity index (χ3v) is 3.04. The van der Waals surface area contributed by atoms with Gasteiger partial charge in [0, 0.05) is 24.7 Å². The number of rotatable bonds is 2. The van der Waals surface area contributed by atoms with Crippen LogP contribution in [0.25, 0.3) is 0 Å². The fraction of sp³-hybridized carbons (Fsp3) is 0.333. The Morgan fingerprint density at radius 2 is 2.35 bits per heavy atom. The molecular formula is C12H12ClN3O. The van der Waals surface area contributed by atoms with Gasteiger partial charge in [-0.1, -0.05) is 11.6 Å². The molecule has 4 nitrogen and oxygen atoms in total. The van der Waals surface area contributed by atoms with Crippen LogP contribution >= 0.6 is 11.6 Å². The van der Waals surface area contributed by atoms with Crippen LogP contribution in [-0.4, -0.2) is 18.5 Å². The molecule has 1 fully saturated rings. The predicted octanol–water partition coefficient (Wildman–Crippen LogP) is 1.90. The van der Waals surface area contributed by atoms with E-state index in [1.165, 1.54) is 0 Å². The first-order chi connectivity index (χ1) is 8.19. The standard InChI is InChI=1S/C12H12ClN3O/c13-11-5-9(2-1-8(11)6-14)16-10-3-4-12(17)15-7-10/h1-2,5,10,16H,3-4,7H2,(H,15,17). The smallest absolute Gasteiger partial charge is 0.220 e. The third-order valence-electron chi connectivity index (χ3n) is 2.73. The van der Waals surface area contributed by atoms with Crippen molar-refractivity contribution in [2.24, 2.45) is 0 Å². The van der Waals surface area contributed by atoms with Gasteiger partial charge in [-0.25, -0.2) is 0 Å². The molecule has 1 aliphatic rings. The SMILES string of the molecule is N#Cc1ccc(NC2CCC(=O)NC2)cc1Cl. The van der Waals surface area contributed by atoms with Gasteiger partial charge < -0.3 is 10.6 Å². The Hall–Kier alpha value is -1.73. The number of piperidine rings is 1. The lowest BCUT2D eigenvalue weighted by molar-refractivity contribution is -0.122. The number of anilines is 1. The molecule has 1 aromatic carbocycles. The van der Waals surface area contributed by atoms with Crippen molar-refractivity contribution in [3.8, 4) is 6.07 Å². The lowest BCUT2D eigenvalue weighted by Crippen LogP contribution is -2.41. The number of amides is 1. The first-order valence-electron chi connectivity index (χ1n) is 5.42. The van der Waals surface area contributed by atoms with Crippen LogP contribution in [0.15, 0.2) is 18.2 Å². The van der Waals surface area contributed by atoms with Crippen LogP contribution in [0.5, 0.6) is 0 Å². The second-order valence-corrected chi connectivity index (χ2v) is 4.40. The van der Waals surface area contributed by atoms with E-state index in [1.807, 2.05) is 12.1 Å². The average molecular weight is 250 g/mol. The molecule has 1 atom stereocenters. The maximum absolute atomic E-state index is 11.0. The average Bonchev–Trinajstić information content (AvgIpc) is 2.32. The van der Waals surface area contributed by atoms with Crippen molar-refractivity contribution in [1.82, 2.24) is 5.32 Å². The molecule has 88 valence electrons. The fourth-order valence-corrected chi connectivity index (χ4v) is 2.01. The summed E-state index contributed by atoms with van der Waals surface area (Å²) in [4.78, 5) is 11.0. The summed E-state index contributed by atoms with van der Waals surface area (Å²) in [5.74, 6) is 0.0981. The number of halogens is 1. The molecule has 1 aliphatic heterocycles. The highest BCUT2D eigenvalue weighted by Crippen LogP contribution is 2.21. The maximum Gasteiger partial charge on any atom is 0.220 e. The fourth-order valence-electron chi connectivity index (χ4n) is 1.79. The molecule has 1 unspecified atom stereocenters. The second kappa shape index (κ2) is 5.07. The van der Waals surface area contributed by atoms with Gasteiger partial charge in [-0.15, -0.1) is 0 Å². The van der Waals surface area contributed by atoms with E-state index >= 15 is 0 Å². The number of benzene rings is 1. The zero-order valence-electron chi connectivity index (χ0n) is 9.16. The minimum absolute atomic E-state index is 0.0981. The first kappa shape index (κ1) is 11.7. The van der Waals surface area contributed by atoms with Crippen LogP contribution in [0.4, 0.5) is 5.69 Å². The Labute approximate surface area is 105 Å². The van der Waals surface area contributed by atoms with Gasteiger partial charge >= 0.3 is 0 Å². The number of nitrogens with one attached hydrogen (secondary N) is 2. The summed E-state index contributed by atoms with van der Waals surface area (Å²) < 4.78 is 0. The zero-order valence-corrected chi connectivity index (χ0v) is 9.92. The van der Waals surface area contributed by atoms with Crippen molar-refractivity contribution in [2.45, 2.75) is 18.9 Å². The van der Waals surface area contributed by atoms with Gasteiger partial charge in [0.1, 0.15) is 6.07 Å². The molecule has 0 spiro atoms. The molecule has 0 aromatic heterocycles. The Morgan fingerprint density at radius 3 is 2.94 bits per heavy atom. The van der Waals surface area contributed by atoms with E-state index < -0.39 is 0 Å². The van der Waals surface area contributed by atoms with Gasteiger partial charge in [-0.2, -0.15) is 5.26 Å². The molecule has 1 saturated heterocycles. The topological polar surface area (TPSA) is 64.9 Å². The number of carbonyl (C=O) groups is 1. The van der Waals surface area contributed by atoms with Crippen molar-refractivity contribution in [3.63, 3.8) is 0 Å². The van der Waals surface area contributed by atoms with Gasteiger partial charge in [-0.3, -0.25) is 4.79 Å². The molecule has 0 radical (unpaired) electrons. The molecule has 2 N–H and O–H groups in total. The second-order valence-electron chi connectivity index (χ2n) is 3.99. The molecule has 5 heteroatoms. The summed E-state index contributed by atoms with van der Waals surface area (Å²) in [7, 11) is 0. The molecule has 0 aliphatic carbocycles. The number of nitriles is 1. The van der Waals surface area contributed by atoms with Crippen molar-refractivity contribution < 1.29 is 4.79 Å². The first-order valence-corrected chi connectivity index (χ1v) is 5.79. The number of hydrogen-bond donors (Lipinski definition) is 2. The Balaban J connectivity index is 2.02. The molecule has 1 heterocycles. The van der Waals surface area contributed by atoms with Gasteiger partial charge in [0.2, 0.25) is 5.91 Å². The van der Waals surface area contributed by atoms with Gasteiger partial charge in [-0.05, 0) is 24.6 Å². The summed E-state index contributed by atoms with van der Waals surface area (Å²) in [6, 6.07) is 7.47. The molecule has 17 heavy (non-hydrogen) atoms.